The Bertz CT molecular complexity index is 852. The summed E-state index contributed by atoms with van der Waals surface area (Å²) in [5.74, 6) is 1.11. The van der Waals surface area contributed by atoms with E-state index in [0.717, 1.165) is 5.69 Å². The standard InChI is InChI=1S/C17H20N6O/c1-11-4-5-13(10-12(11)2)21-16-14-15(19-7-6-18-14)22-17(23-16)20-8-9-24-3/h4-7,10H,8-9H2,1-3H3,(H2,19,20,21,22,23). The van der Waals surface area contributed by atoms with Crippen molar-refractivity contribution in [2.45, 2.75) is 13.8 Å². The van der Waals surface area contributed by atoms with Gasteiger partial charge in [-0.3, -0.25) is 0 Å². The van der Waals surface area contributed by atoms with E-state index >= 15 is 0 Å². The molecule has 0 unspecified atom stereocenters. The molecule has 0 aliphatic heterocycles. The van der Waals surface area contributed by atoms with Gasteiger partial charge in [-0.1, -0.05) is 6.07 Å². The zero-order chi connectivity index (χ0) is 16.9. The maximum atomic E-state index is 5.04. The second kappa shape index (κ2) is 7.18. The number of nitrogens with zero attached hydrogens (tertiary/aromatic N) is 4. The molecule has 3 aromatic rings. The first kappa shape index (κ1) is 16.1. The van der Waals surface area contributed by atoms with Gasteiger partial charge < -0.3 is 15.4 Å². The molecule has 0 amide bonds. The van der Waals surface area contributed by atoms with E-state index in [1.165, 1.54) is 11.1 Å². The average molecular weight is 324 g/mol. The molecule has 124 valence electrons. The zero-order valence-corrected chi connectivity index (χ0v) is 14.0. The Morgan fingerprint density at radius 2 is 1.88 bits per heavy atom. The highest BCUT2D eigenvalue weighted by atomic mass is 16.5. The predicted molar refractivity (Wildman–Crippen MR) is 94.7 cm³/mol. The Morgan fingerprint density at radius 3 is 2.67 bits per heavy atom. The molecule has 3 rings (SSSR count). The summed E-state index contributed by atoms with van der Waals surface area (Å²) in [5.41, 5.74) is 4.58. The number of methoxy groups -OCH3 is 1. The Hall–Kier alpha value is -2.80. The van der Waals surface area contributed by atoms with Gasteiger partial charge in [0.2, 0.25) is 5.95 Å². The summed E-state index contributed by atoms with van der Waals surface area (Å²) in [6.45, 7) is 5.35. The molecule has 7 nitrogen and oxygen atoms in total. The number of ether oxygens (including phenoxy) is 1. The Morgan fingerprint density at radius 1 is 1.04 bits per heavy atom. The van der Waals surface area contributed by atoms with Crippen LogP contribution in [0.15, 0.2) is 30.6 Å². The number of nitrogens with one attached hydrogen (secondary N) is 2. The van der Waals surface area contributed by atoms with Crippen molar-refractivity contribution in [2.75, 3.05) is 30.9 Å². The van der Waals surface area contributed by atoms with Crippen molar-refractivity contribution in [2.24, 2.45) is 0 Å². The van der Waals surface area contributed by atoms with Gasteiger partial charge in [0.25, 0.3) is 0 Å². The van der Waals surface area contributed by atoms with Crippen LogP contribution in [-0.4, -0.2) is 40.2 Å². The summed E-state index contributed by atoms with van der Waals surface area (Å²) in [7, 11) is 1.65. The molecule has 0 fully saturated rings. The van der Waals surface area contributed by atoms with Crippen molar-refractivity contribution >= 4 is 28.6 Å². The zero-order valence-electron chi connectivity index (χ0n) is 14.0. The minimum atomic E-state index is 0.492. The van der Waals surface area contributed by atoms with Crippen molar-refractivity contribution in [3.8, 4) is 0 Å². The molecule has 0 atom stereocenters. The molecule has 0 aliphatic rings. The van der Waals surface area contributed by atoms with Crippen LogP contribution in [0.5, 0.6) is 0 Å². The molecule has 0 spiro atoms. The lowest BCUT2D eigenvalue weighted by atomic mass is 10.1. The van der Waals surface area contributed by atoms with Gasteiger partial charge >= 0.3 is 0 Å². The lowest BCUT2D eigenvalue weighted by Gasteiger charge is -2.11. The lowest BCUT2D eigenvalue weighted by Crippen LogP contribution is -2.11. The molecule has 2 N–H and O–H groups in total. The van der Waals surface area contributed by atoms with Crippen LogP contribution in [0.2, 0.25) is 0 Å². The third-order valence-corrected chi connectivity index (χ3v) is 3.69. The van der Waals surface area contributed by atoms with Crippen LogP contribution < -0.4 is 10.6 Å². The number of rotatable bonds is 6. The molecule has 0 radical (unpaired) electrons. The van der Waals surface area contributed by atoms with Crippen LogP contribution in [0.25, 0.3) is 11.2 Å². The molecule has 0 saturated heterocycles. The van der Waals surface area contributed by atoms with Crippen molar-refractivity contribution < 1.29 is 4.74 Å². The van der Waals surface area contributed by atoms with Crippen LogP contribution >= 0.6 is 0 Å². The summed E-state index contributed by atoms with van der Waals surface area (Å²) in [6, 6.07) is 6.17. The monoisotopic (exact) mass is 324 g/mol. The van der Waals surface area contributed by atoms with E-state index in [9.17, 15) is 0 Å². The molecule has 2 heterocycles. The first-order valence-electron chi connectivity index (χ1n) is 7.73. The van der Waals surface area contributed by atoms with Gasteiger partial charge in [0.05, 0.1) is 6.61 Å². The Balaban J connectivity index is 1.96. The van der Waals surface area contributed by atoms with E-state index in [1.807, 2.05) is 6.07 Å². The van der Waals surface area contributed by atoms with E-state index in [2.05, 4.69) is 56.5 Å². The van der Waals surface area contributed by atoms with Crippen LogP contribution in [0.3, 0.4) is 0 Å². The number of fused-ring (bicyclic) bond motifs is 1. The SMILES string of the molecule is COCCNc1nc(Nc2ccc(C)c(C)c2)c2nccnc2n1. The molecule has 7 heteroatoms. The number of aryl methyl sites for hydroxylation is 2. The highest BCUT2D eigenvalue weighted by Gasteiger charge is 2.10. The summed E-state index contributed by atoms with van der Waals surface area (Å²) >= 11 is 0. The van der Waals surface area contributed by atoms with E-state index in [0.29, 0.717) is 36.1 Å². The summed E-state index contributed by atoms with van der Waals surface area (Å²) in [6.07, 6.45) is 3.25. The van der Waals surface area contributed by atoms with Crippen molar-refractivity contribution in [3.05, 3.63) is 41.7 Å². The fourth-order valence-electron chi connectivity index (χ4n) is 2.25. The molecule has 1 aromatic carbocycles. The second-order valence-electron chi connectivity index (χ2n) is 5.47. The minimum absolute atomic E-state index is 0.492. The third kappa shape index (κ3) is 3.57. The van der Waals surface area contributed by atoms with Crippen LogP contribution in [0, 0.1) is 13.8 Å². The first-order chi connectivity index (χ1) is 11.7. The van der Waals surface area contributed by atoms with E-state index in [-0.39, 0.29) is 0 Å². The maximum Gasteiger partial charge on any atom is 0.226 e. The van der Waals surface area contributed by atoms with E-state index in [1.54, 1.807) is 19.5 Å². The molecule has 24 heavy (non-hydrogen) atoms. The van der Waals surface area contributed by atoms with Crippen molar-refractivity contribution in [1.82, 2.24) is 19.9 Å². The Labute approximate surface area is 140 Å². The van der Waals surface area contributed by atoms with Gasteiger partial charge in [0.15, 0.2) is 17.0 Å². The fraction of sp³-hybridized carbons (Fsp3) is 0.294. The lowest BCUT2D eigenvalue weighted by molar-refractivity contribution is 0.210. The predicted octanol–water partition coefficient (Wildman–Crippen LogP) is 2.84. The molecule has 0 saturated carbocycles. The number of hydrogen-bond donors (Lipinski definition) is 2. The average Bonchev–Trinajstić information content (AvgIpc) is 2.58. The minimum Gasteiger partial charge on any atom is -0.383 e. The Kier molecular flexibility index (Phi) is 4.81. The molecule has 0 bridgehead atoms. The van der Waals surface area contributed by atoms with E-state index < -0.39 is 0 Å². The normalized spacial score (nSPS) is 10.8. The van der Waals surface area contributed by atoms with Gasteiger partial charge in [-0.15, -0.1) is 0 Å². The van der Waals surface area contributed by atoms with Gasteiger partial charge in [-0.2, -0.15) is 9.97 Å². The summed E-state index contributed by atoms with van der Waals surface area (Å²) < 4.78 is 5.04. The number of hydrogen-bond acceptors (Lipinski definition) is 7. The smallest absolute Gasteiger partial charge is 0.226 e. The van der Waals surface area contributed by atoms with Crippen LogP contribution in [0.4, 0.5) is 17.5 Å². The molecular weight excluding hydrogens is 304 g/mol. The highest BCUT2D eigenvalue weighted by Crippen LogP contribution is 2.23. The van der Waals surface area contributed by atoms with Gasteiger partial charge in [-0.05, 0) is 37.1 Å². The fourth-order valence-corrected chi connectivity index (χ4v) is 2.25. The first-order valence-corrected chi connectivity index (χ1v) is 7.73. The largest absolute Gasteiger partial charge is 0.383 e. The van der Waals surface area contributed by atoms with Crippen LogP contribution in [0.1, 0.15) is 11.1 Å². The molecular formula is C17H20N6O. The number of anilines is 3. The number of aromatic nitrogens is 4. The number of benzene rings is 1. The third-order valence-electron chi connectivity index (χ3n) is 3.69. The van der Waals surface area contributed by atoms with Crippen molar-refractivity contribution in [1.29, 1.82) is 0 Å². The van der Waals surface area contributed by atoms with Gasteiger partial charge in [-0.25, -0.2) is 9.97 Å². The second-order valence-corrected chi connectivity index (χ2v) is 5.47. The van der Waals surface area contributed by atoms with Crippen LogP contribution in [-0.2, 0) is 4.74 Å². The van der Waals surface area contributed by atoms with Gasteiger partial charge in [0, 0.05) is 31.7 Å². The van der Waals surface area contributed by atoms with Gasteiger partial charge in [0.1, 0.15) is 0 Å². The van der Waals surface area contributed by atoms with Crippen molar-refractivity contribution in [3.63, 3.8) is 0 Å². The topological polar surface area (TPSA) is 84.9 Å². The summed E-state index contributed by atoms with van der Waals surface area (Å²) in [5, 5.41) is 6.45. The summed E-state index contributed by atoms with van der Waals surface area (Å²) in [4.78, 5) is 17.5. The highest BCUT2D eigenvalue weighted by molar-refractivity contribution is 5.85. The maximum absolute atomic E-state index is 5.04. The quantitative estimate of drug-likeness (QED) is 0.674. The van der Waals surface area contributed by atoms with E-state index in [4.69, 9.17) is 4.74 Å². The molecule has 2 aromatic heterocycles. The molecule has 0 aliphatic carbocycles.